The molecule has 0 aliphatic rings. The maximum Gasteiger partial charge on any atom is 0.131 e. The fourth-order valence-electron chi connectivity index (χ4n) is 1.66. The van der Waals surface area contributed by atoms with Gasteiger partial charge in [0.1, 0.15) is 5.82 Å². The summed E-state index contributed by atoms with van der Waals surface area (Å²) in [6, 6.07) is 12.3. The predicted octanol–water partition coefficient (Wildman–Crippen LogP) is 4.44. The maximum absolute atomic E-state index is 13.8. The lowest BCUT2D eigenvalue weighted by Gasteiger charge is -2.06. The first-order valence-electron chi connectivity index (χ1n) is 5.07. The molecule has 0 amide bonds. The lowest BCUT2D eigenvalue weighted by atomic mass is 10.0. The Labute approximate surface area is 108 Å². The van der Waals surface area contributed by atoms with Crippen LogP contribution >= 0.6 is 15.9 Å². The van der Waals surface area contributed by atoms with E-state index >= 15 is 0 Å². The summed E-state index contributed by atoms with van der Waals surface area (Å²) in [4.78, 5) is 0. The highest BCUT2D eigenvalue weighted by Crippen LogP contribution is 2.27. The number of nitriles is 1. The predicted molar refractivity (Wildman–Crippen MR) is 69.0 cm³/mol. The van der Waals surface area contributed by atoms with Gasteiger partial charge in [0.15, 0.2) is 0 Å². The van der Waals surface area contributed by atoms with Gasteiger partial charge in [-0.05, 0) is 42.3 Å². The standard InChI is InChI=1S/C14H9BrFN/c1-9-2-3-13(14(16)4-9)11-5-10(8-17)6-12(15)7-11/h2-7H,1H3. The molecule has 0 radical (unpaired) electrons. The van der Waals surface area contributed by atoms with Crippen molar-refractivity contribution < 1.29 is 4.39 Å². The zero-order valence-electron chi connectivity index (χ0n) is 9.17. The molecule has 0 saturated carbocycles. The number of nitrogens with zero attached hydrogens (tertiary/aromatic N) is 1. The largest absolute Gasteiger partial charge is 0.206 e. The Kier molecular flexibility index (Phi) is 3.26. The third-order valence-electron chi connectivity index (χ3n) is 2.46. The zero-order chi connectivity index (χ0) is 12.4. The van der Waals surface area contributed by atoms with Gasteiger partial charge in [-0.1, -0.05) is 28.1 Å². The molecule has 0 unspecified atom stereocenters. The van der Waals surface area contributed by atoms with Gasteiger partial charge in [0.2, 0.25) is 0 Å². The molecule has 0 N–H and O–H groups in total. The molecule has 0 spiro atoms. The molecule has 0 fully saturated rings. The Morgan fingerprint density at radius 2 is 1.94 bits per heavy atom. The molecule has 0 heterocycles. The quantitative estimate of drug-likeness (QED) is 0.762. The van der Waals surface area contributed by atoms with Crippen LogP contribution in [-0.2, 0) is 0 Å². The van der Waals surface area contributed by atoms with Crippen LogP contribution in [0.25, 0.3) is 11.1 Å². The highest BCUT2D eigenvalue weighted by molar-refractivity contribution is 9.10. The second kappa shape index (κ2) is 4.68. The molecule has 84 valence electrons. The van der Waals surface area contributed by atoms with Crippen LogP contribution in [0.15, 0.2) is 40.9 Å². The van der Waals surface area contributed by atoms with Crippen molar-refractivity contribution in [2.75, 3.05) is 0 Å². The average molecular weight is 290 g/mol. The Bertz CT molecular complexity index is 614. The molecule has 2 aromatic carbocycles. The van der Waals surface area contributed by atoms with Gasteiger partial charge in [-0.15, -0.1) is 0 Å². The summed E-state index contributed by atoms with van der Waals surface area (Å²) in [5.74, 6) is -0.271. The Morgan fingerprint density at radius 1 is 1.18 bits per heavy atom. The number of halogens is 2. The second-order valence-electron chi connectivity index (χ2n) is 3.82. The van der Waals surface area contributed by atoms with E-state index in [1.54, 1.807) is 24.3 Å². The number of benzene rings is 2. The molecule has 17 heavy (non-hydrogen) atoms. The highest BCUT2D eigenvalue weighted by Gasteiger charge is 2.07. The van der Waals surface area contributed by atoms with Gasteiger partial charge < -0.3 is 0 Å². The van der Waals surface area contributed by atoms with Gasteiger partial charge in [0.05, 0.1) is 11.6 Å². The van der Waals surface area contributed by atoms with Gasteiger partial charge in [-0.3, -0.25) is 0 Å². The minimum atomic E-state index is -0.271. The van der Waals surface area contributed by atoms with Crippen LogP contribution in [0.5, 0.6) is 0 Å². The average Bonchev–Trinajstić information content (AvgIpc) is 2.28. The molecule has 2 rings (SSSR count). The lowest BCUT2D eigenvalue weighted by Crippen LogP contribution is -1.87. The fraction of sp³-hybridized carbons (Fsp3) is 0.0714. The molecule has 0 aliphatic heterocycles. The third kappa shape index (κ3) is 2.54. The van der Waals surface area contributed by atoms with E-state index in [1.165, 1.54) is 6.07 Å². The van der Waals surface area contributed by atoms with E-state index in [0.717, 1.165) is 10.0 Å². The van der Waals surface area contributed by atoms with E-state index < -0.39 is 0 Å². The normalized spacial score (nSPS) is 10.0. The first-order valence-corrected chi connectivity index (χ1v) is 5.86. The van der Waals surface area contributed by atoms with E-state index in [4.69, 9.17) is 5.26 Å². The second-order valence-corrected chi connectivity index (χ2v) is 4.74. The van der Waals surface area contributed by atoms with Crippen molar-refractivity contribution >= 4 is 15.9 Å². The van der Waals surface area contributed by atoms with Crippen LogP contribution < -0.4 is 0 Å². The van der Waals surface area contributed by atoms with E-state index in [9.17, 15) is 4.39 Å². The molecular formula is C14H9BrFN. The Morgan fingerprint density at radius 3 is 2.59 bits per heavy atom. The summed E-state index contributed by atoms with van der Waals surface area (Å²) in [7, 11) is 0. The maximum atomic E-state index is 13.8. The highest BCUT2D eigenvalue weighted by atomic mass is 79.9. The van der Waals surface area contributed by atoms with Crippen LogP contribution in [0.1, 0.15) is 11.1 Å². The Hall–Kier alpha value is -1.66. The number of hydrogen-bond acceptors (Lipinski definition) is 1. The van der Waals surface area contributed by atoms with Gasteiger partial charge in [0, 0.05) is 10.0 Å². The number of hydrogen-bond donors (Lipinski definition) is 0. The molecule has 0 atom stereocenters. The summed E-state index contributed by atoms with van der Waals surface area (Å²) in [6.45, 7) is 1.84. The van der Waals surface area contributed by atoms with Crippen LogP contribution in [0.2, 0.25) is 0 Å². The summed E-state index contributed by atoms with van der Waals surface area (Å²) < 4.78 is 14.6. The molecule has 0 saturated heterocycles. The molecule has 0 aliphatic carbocycles. The van der Waals surface area contributed by atoms with Crippen LogP contribution in [-0.4, -0.2) is 0 Å². The van der Waals surface area contributed by atoms with Crippen molar-refractivity contribution in [3.8, 4) is 17.2 Å². The zero-order valence-corrected chi connectivity index (χ0v) is 10.8. The van der Waals surface area contributed by atoms with Gasteiger partial charge in [0.25, 0.3) is 0 Å². The summed E-state index contributed by atoms with van der Waals surface area (Å²) in [5.41, 5.74) is 2.60. The van der Waals surface area contributed by atoms with Crippen molar-refractivity contribution in [1.29, 1.82) is 5.26 Å². The van der Waals surface area contributed by atoms with Crippen molar-refractivity contribution in [1.82, 2.24) is 0 Å². The SMILES string of the molecule is Cc1ccc(-c2cc(Br)cc(C#N)c2)c(F)c1. The van der Waals surface area contributed by atoms with Crippen molar-refractivity contribution in [2.45, 2.75) is 6.92 Å². The van der Waals surface area contributed by atoms with Crippen LogP contribution in [0.4, 0.5) is 4.39 Å². The summed E-state index contributed by atoms with van der Waals surface area (Å²) in [5, 5.41) is 8.88. The fourth-order valence-corrected chi connectivity index (χ4v) is 2.16. The third-order valence-corrected chi connectivity index (χ3v) is 2.92. The van der Waals surface area contributed by atoms with E-state index in [0.29, 0.717) is 16.7 Å². The van der Waals surface area contributed by atoms with Gasteiger partial charge >= 0.3 is 0 Å². The van der Waals surface area contributed by atoms with Gasteiger partial charge in [-0.25, -0.2) is 4.39 Å². The minimum Gasteiger partial charge on any atom is -0.206 e. The van der Waals surface area contributed by atoms with Crippen molar-refractivity contribution in [3.05, 3.63) is 57.8 Å². The lowest BCUT2D eigenvalue weighted by molar-refractivity contribution is 0.630. The van der Waals surface area contributed by atoms with E-state index in [1.807, 2.05) is 13.0 Å². The summed E-state index contributed by atoms with van der Waals surface area (Å²) in [6.07, 6.45) is 0. The van der Waals surface area contributed by atoms with E-state index in [-0.39, 0.29) is 5.82 Å². The topological polar surface area (TPSA) is 23.8 Å². The van der Waals surface area contributed by atoms with Gasteiger partial charge in [-0.2, -0.15) is 5.26 Å². The monoisotopic (exact) mass is 289 g/mol. The van der Waals surface area contributed by atoms with Crippen molar-refractivity contribution in [2.24, 2.45) is 0 Å². The first-order chi connectivity index (χ1) is 8.10. The summed E-state index contributed by atoms with van der Waals surface area (Å²) >= 11 is 3.32. The molecule has 0 bridgehead atoms. The van der Waals surface area contributed by atoms with E-state index in [2.05, 4.69) is 22.0 Å². The first kappa shape index (κ1) is 11.8. The molecule has 2 aromatic rings. The number of rotatable bonds is 1. The Balaban J connectivity index is 2.61. The number of aryl methyl sites for hydroxylation is 1. The molecule has 0 aromatic heterocycles. The molecule has 3 heteroatoms. The minimum absolute atomic E-state index is 0.271. The van der Waals surface area contributed by atoms with Crippen LogP contribution in [0, 0.1) is 24.1 Å². The molecular weight excluding hydrogens is 281 g/mol. The van der Waals surface area contributed by atoms with Crippen LogP contribution in [0.3, 0.4) is 0 Å². The molecule has 1 nitrogen and oxygen atoms in total. The smallest absolute Gasteiger partial charge is 0.131 e. The van der Waals surface area contributed by atoms with Crippen molar-refractivity contribution in [3.63, 3.8) is 0 Å².